The van der Waals surface area contributed by atoms with Gasteiger partial charge in [0.1, 0.15) is 11.6 Å². The fourth-order valence-corrected chi connectivity index (χ4v) is 5.81. The Morgan fingerprint density at radius 2 is 1.89 bits per heavy atom. The van der Waals surface area contributed by atoms with Crippen molar-refractivity contribution in [3.63, 3.8) is 0 Å². The van der Waals surface area contributed by atoms with Gasteiger partial charge in [0.05, 0.1) is 26.3 Å². The second kappa shape index (κ2) is 10.5. The van der Waals surface area contributed by atoms with Gasteiger partial charge >= 0.3 is 12.1 Å². The normalized spacial score (nSPS) is 19.6. The van der Waals surface area contributed by atoms with Crippen molar-refractivity contribution in [2.75, 3.05) is 51.8 Å². The molecule has 10 nitrogen and oxygen atoms in total. The van der Waals surface area contributed by atoms with Crippen LogP contribution in [0.3, 0.4) is 0 Å². The van der Waals surface area contributed by atoms with Crippen molar-refractivity contribution < 1.29 is 19.1 Å². The first-order valence-corrected chi connectivity index (χ1v) is 13.0. The molecule has 1 aromatic heterocycles. The standard InChI is InChI=1S/C27H36N6O4/c1-4-23-22(20-15-28-29-16-20)8-9-24(30-23)32-18-27(10-12-31(13-11-27)26(35)37-3)33(25(32)34)17-19-6-5-7-21(14-19)36-2/h5-9,14,20,28-29H,4,10-13,15-18H2,1-3H3. The fourth-order valence-electron chi connectivity index (χ4n) is 5.81. The SMILES string of the molecule is CCc1nc(N2CC3(CCN(C(=O)OC)CC3)N(Cc3cccc(OC)c3)C2=O)ccc1C1CNNC1. The summed E-state index contributed by atoms with van der Waals surface area (Å²) in [6.45, 7) is 5.91. The minimum Gasteiger partial charge on any atom is -0.497 e. The van der Waals surface area contributed by atoms with Crippen molar-refractivity contribution in [2.45, 2.75) is 44.2 Å². The molecule has 3 fully saturated rings. The lowest BCUT2D eigenvalue weighted by Gasteiger charge is -2.43. The average molecular weight is 509 g/mol. The van der Waals surface area contributed by atoms with E-state index in [1.165, 1.54) is 12.7 Å². The number of ether oxygens (including phenoxy) is 2. The van der Waals surface area contributed by atoms with E-state index in [9.17, 15) is 9.59 Å². The molecule has 10 heteroatoms. The van der Waals surface area contributed by atoms with Gasteiger partial charge in [0.25, 0.3) is 0 Å². The molecule has 3 aliphatic heterocycles. The van der Waals surface area contributed by atoms with Crippen LogP contribution < -0.4 is 20.5 Å². The van der Waals surface area contributed by atoms with Gasteiger partial charge in [-0.2, -0.15) is 0 Å². The Balaban J connectivity index is 1.45. The third kappa shape index (κ3) is 4.83. The molecule has 0 saturated carbocycles. The van der Waals surface area contributed by atoms with Gasteiger partial charge in [-0.15, -0.1) is 0 Å². The number of aryl methyl sites for hydroxylation is 1. The predicted octanol–water partition coefficient (Wildman–Crippen LogP) is 2.89. The molecule has 0 atom stereocenters. The molecule has 4 heterocycles. The molecule has 5 rings (SSSR count). The van der Waals surface area contributed by atoms with Crippen molar-refractivity contribution in [2.24, 2.45) is 0 Å². The van der Waals surface area contributed by atoms with Gasteiger partial charge in [0, 0.05) is 44.3 Å². The van der Waals surface area contributed by atoms with Crippen LogP contribution in [-0.4, -0.2) is 79.4 Å². The van der Waals surface area contributed by atoms with E-state index in [4.69, 9.17) is 14.5 Å². The summed E-state index contributed by atoms with van der Waals surface area (Å²) in [4.78, 5) is 36.7. The smallest absolute Gasteiger partial charge is 0.409 e. The highest BCUT2D eigenvalue weighted by atomic mass is 16.5. The summed E-state index contributed by atoms with van der Waals surface area (Å²) in [6.07, 6.45) is 1.82. The number of hydrazine groups is 1. The molecule has 2 N–H and O–H groups in total. The molecular formula is C27H36N6O4. The maximum absolute atomic E-state index is 14.0. The number of amides is 3. The van der Waals surface area contributed by atoms with Crippen molar-refractivity contribution in [3.05, 3.63) is 53.2 Å². The van der Waals surface area contributed by atoms with Gasteiger partial charge in [0.2, 0.25) is 0 Å². The van der Waals surface area contributed by atoms with Crippen LogP contribution in [0.4, 0.5) is 15.4 Å². The van der Waals surface area contributed by atoms with Crippen LogP contribution in [0.2, 0.25) is 0 Å². The van der Waals surface area contributed by atoms with Crippen LogP contribution in [0.1, 0.15) is 42.5 Å². The monoisotopic (exact) mass is 508 g/mol. The highest BCUT2D eigenvalue weighted by Gasteiger charge is 2.52. The summed E-state index contributed by atoms with van der Waals surface area (Å²) < 4.78 is 10.4. The number of hydrogen-bond acceptors (Lipinski definition) is 7. The number of methoxy groups -OCH3 is 2. The molecular weight excluding hydrogens is 472 g/mol. The maximum atomic E-state index is 14.0. The number of piperidine rings is 1. The quantitative estimate of drug-likeness (QED) is 0.619. The van der Waals surface area contributed by atoms with Crippen LogP contribution in [-0.2, 0) is 17.7 Å². The molecule has 0 bridgehead atoms. The Kier molecular flexibility index (Phi) is 7.21. The lowest BCUT2D eigenvalue weighted by molar-refractivity contribution is 0.0615. The van der Waals surface area contributed by atoms with Gasteiger partial charge in [-0.05, 0) is 48.6 Å². The molecule has 1 spiro atoms. The number of rotatable bonds is 6. The third-order valence-corrected chi connectivity index (χ3v) is 7.96. The number of carbonyl (C=O) groups is 2. The van der Waals surface area contributed by atoms with E-state index in [1.54, 1.807) is 12.0 Å². The number of anilines is 1. The number of nitrogens with zero attached hydrogens (tertiary/aromatic N) is 4. The van der Waals surface area contributed by atoms with Crippen LogP contribution in [0, 0.1) is 0 Å². The zero-order valence-electron chi connectivity index (χ0n) is 21.8. The molecule has 0 unspecified atom stereocenters. The molecule has 0 radical (unpaired) electrons. The van der Waals surface area contributed by atoms with E-state index in [0.29, 0.717) is 50.8 Å². The molecule has 37 heavy (non-hydrogen) atoms. The summed E-state index contributed by atoms with van der Waals surface area (Å²) in [7, 11) is 3.05. The Hall–Kier alpha value is -3.37. The maximum Gasteiger partial charge on any atom is 0.409 e. The summed E-state index contributed by atoms with van der Waals surface area (Å²) >= 11 is 0. The Morgan fingerprint density at radius 1 is 1.14 bits per heavy atom. The summed E-state index contributed by atoms with van der Waals surface area (Å²) in [5.74, 6) is 1.81. The second-order valence-electron chi connectivity index (χ2n) is 10.0. The molecule has 2 aromatic rings. The van der Waals surface area contributed by atoms with Gasteiger partial charge < -0.3 is 19.3 Å². The van der Waals surface area contributed by atoms with Crippen molar-refractivity contribution >= 4 is 17.9 Å². The number of pyridine rings is 1. The lowest BCUT2D eigenvalue weighted by Crippen LogP contribution is -2.55. The zero-order chi connectivity index (χ0) is 26.0. The second-order valence-corrected chi connectivity index (χ2v) is 10.0. The number of likely N-dealkylation sites (tertiary alicyclic amines) is 1. The highest BCUT2D eigenvalue weighted by Crippen LogP contribution is 2.39. The average Bonchev–Trinajstić information content (AvgIpc) is 3.56. The first-order valence-electron chi connectivity index (χ1n) is 13.0. The van der Waals surface area contributed by atoms with E-state index in [1.807, 2.05) is 40.1 Å². The van der Waals surface area contributed by atoms with Crippen molar-refractivity contribution in [1.82, 2.24) is 25.6 Å². The largest absolute Gasteiger partial charge is 0.497 e. The Bertz CT molecular complexity index is 1140. The molecule has 0 aliphatic carbocycles. The number of urea groups is 1. The minimum atomic E-state index is -0.406. The van der Waals surface area contributed by atoms with Crippen LogP contribution >= 0.6 is 0 Å². The van der Waals surface area contributed by atoms with E-state index in [2.05, 4.69) is 23.8 Å². The minimum absolute atomic E-state index is 0.0548. The lowest BCUT2D eigenvalue weighted by atomic mass is 9.86. The van der Waals surface area contributed by atoms with E-state index in [-0.39, 0.29) is 12.1 Å². The van der Waals surface area contributed by atoms with Crippen LogP contribution in [0.5, 0.6) is 5.75 Å². The fraction of sp³-hybridized carbons (Fsp3) is 0.519. The van der Waals surface area contributed by atoms with Gasteiger partial charge in [-0.3, -0.25) is 15.8 Å². The summed E-state index contributed by atoms with van der Waals surface area (Å²) in [5, 5.41) is 0. The number of nitrogens with one attached hydrogen (secondary N) is 2. The molecule has 3 aliphatic rings. The third-order valence-electron chi connectivity index (χ3n) is 7.96. The molecule has 198 valence electrons. The summed E-state index contributed by atoms with van der Waals surface area (Å²) in [5.41, 5.74) is 9.24. The number of hydrogen-bond donors (Lipinski definition) is 2. The number of carbonyl (C=O) groups excluding carboxylic acids is 2. The first-order chi connectivity index (χ1) is 18.0. The van der Waals surface area contributed by atoms with Crippen molar-refractivity contribution in [1.29, 1.82) is 0 Å². The van der Waals surface area contributed by atoms with Gasteiger partial charge in [0.15, 0.2) is 0 Å². The molecule has 3 saturated heterocycles. The zero-order valence-corrected chi connectivity index (χ0v) is 21.8. The Labute approximate surface area is 217 Å². The van der Waals surface area contributed by atoms with Gasteiger partial charge in [-0.25, -0.2) is 14.6 Å². The summed E-state index contributed by atoms with van der Waals surface area (Å²) in [6, 6.07) is 11.9. The number of benzene rings is 1. The first kappa shape index (κ1) is 25.3. The molecule has 1 aromatic carbocycles. The highest BCUT2D eigenvalue weighted by molar-refractivity contribution is 5.94. The topological polar surface area (TPSA) is 99.3 Å². The van der Waals surface area contributed by atoms with E-state index < -0.39 is 5.54 Å². The number of aromatic nitrogens is 1. The van der Waals surface area contributed by atoms with Gasteiger partial charge in [-0.1, -0.05) is 25.1 Å². The van der Waals surface area contributed by atoms with Crippen molar-refractivity contribution in [3.8, 4) is 5.75 Å². The van der Waals surface area contributed by atoms with E-state index in [0.717, 1.165) is 36.5 Å². The van der Waals surface area contributed by atoms with Crippen LogP contribution in [0.15, 0.2) is 36.4 Å². The molecule has 3 amide bonds. The van der Waals surface area contributed by atoms with Crippen LogP contribution in [0.25, 0.3) is 0 Å². The Morgan fingerprint density at radius 3 is 2.57 bits per heavy atom. The predicted molar refractivity (Wildman–Crippen MR) is 140 cm³/mol. The van der Waals surface area contributed by atoms with E-state index >= 15 is 0 Å².